The van der Waals surface area contributed by atoms with Gasteiger partial charge in [0.25, 0.3) is 0 Å². The fourth-order valence-electron chi connectivity index (χ4n) is 3.23. The van der Waals surface area contributed by atoms with Crippen LogP contribution in [0.3, 0.4) is 0 Å². The molecule has 6 heteroatoms. The molecule has 1 atom stereocenters. The summed E-state index contributed by atoms with van der Waals surface area (Å²) in [6, 6.07) is 11.7. The standard InChI is InChI=1S/C19H19FN2O3/c20-15-2-4-16(5-3-15)22(19(23)14-7-8-21-10-14)11-13-1-6-17-18(9-13)25-12-24-17/h1-6,9,14,21H,7-8,10-12H2. The minimum Gasteiger partial charge on any atom is -0.454 e. The van der Waals surface area contributed by atoms with E-state index in [1.165, 1.54) is 12.1 Å². The molecule has 2 aliphatic heterocycles. The summed E-state index contributed by atoms with van der Waals surface area (Å²) in [5.74, 6) is 1.07. The molecule has 0 spiro atoms. The van der Waals surface area contributed by atoms with Gasteiger partial charge in [-0.05, 0) is 54.9 Å². The number of amides is 1. The van der Waals surface area contributed by atoms with E-state index in [-0.39, 0.29) is 24.4 Å². The fourth-order valence-corrected chi connectivity index (χ4v) is 3.23. The summed E-state index contributed by atoms with van der Waals surface area (Å²) in [7, 11) is 0. The first-order valence-corrected chi connectivity index (χ1v) is 8.37. The average molecular weight is 342 g/mol. The number of benzene rings is 2. The lowest BCUT2D eigenvalue weighted by Gasteiger charge is -2.26. The normalized spacial score (nSPS) is 18.4. The molecule has 130 valence electrons. The predicted octanol–water partition coefficient (Wildman–Crippen LogP) is 2.70. The quantitative estimate of drug-likeness (QED) is 0.928. The summed E-state index contributed by atoms with van der Waals surface area (Å²) in [5.41, 5.74) is 1.63. The Balaban J connectivity index is 1.62. The van der Waals surface area contributed by atoms with Crippen molar-refractivity contribution in [2.45, 2.75) is 13.0 Å². The third kappa shape index (κ3) is 3.30. The van der Waals surface area contributed by atoms with Gasteiger partial charge in [0.05, 0.1) is 12.5 Å². The van der Waals surface area contributed by atoms with Gasteiger partial charge in [0.15, 0.2) is 11.5 Å². The Morgan fingerprint density at radius 3 is 2.72 bits per heavy atom. The summed E-state index contributed by atoms with van der Waals surface area (Å²) in [4.78, 5) is 14.7. The summed E-state index contributed by atoms with van der Waals surface area (Å²) < 4.78 is 24.0. The molecule has 1 unspecified atom stereocenters. The Morgan fingerprint density at radius 1 is 1.16 bits per heavy atom. The SMILES string of the molecule is O=C(C1CCNC1)N(Cc1ccc2c(c1)OCO2)c1ccc(F)cc1. The van der Waals surface area contributed by atoms with Gasteiger partial charge in [0.1, 0.15) is 5.82 Å². The number of carbonyl (C=O) groups excluding carboxylic acids is 1. The molecule has 0 bridgehead atoms. The Morgan fingerprint density at radius 2 is 1.96 bits per heavy atom. The van der Waals surface area contributed by atoms with Gasteiger partial charge in [-0.1, -0.05) is 6.07 Å². The van der Waals surface area contributed by atoms with Crippen LogP contribution >= 0.6 is 0 Å². The number of nitrogens with one attached hydrogen (secondary N) is 1. The molecule has 0 aliphatic carbocycles. The Hall–Kier alpha value is -2.60. The van der Waals surface area contributed by atoms with Gasteiger partial charge < -0.3 is 19.7 Å². The van der Waals surface area contributed by atoms with Crippen LogP contribution in [0.25, 0.3) is 0 Å². The molecule has 25 heavy (non-hydrogen) atoms. The Kier molecular flexibility index (Phi) is 4.28. The lowest BCUT2D eigenvalue weighted by Crippen LogP contribution is -2.36. The highest BCUT2D eigenvalue weighted by Crippen LogP contribution is 2.33. The molecular weight excluding hydrogens is 323 g/mol. The number of hydrogen-bond acceptors (Lipinski definition) is 4. The van der Waals surface area contributed by atoms with Gasteiger partial charge in [0, 0.05) is 12.2 Å². The lowest BCUT2D eigenvalue weighted by atomic mass is 10.1. The van der Waals surface area contributed by atoms with E-state index in [2.05, 4.69) is 5.32 Å². The van der Waals surface area contributed by atoms with Gasteiger partial charge in [-0.3, -0.25) is 4.79 Å². The van der Waals surface area contributed by atoms with Gasteiger partial charge in [-0.25, -0.2) is 4.39 Å². The molecule has 0 saturated carbocycles. The van der Waals surface area contributed by atoms with Gasteiger partial charge >= 0.3 is 0 Å². The highest BCUT2D eigenvalue weighted by Gasteiger charge is 2.28. The van der Waals surface area contributed by atoms with Crippen molar-refractivity contribution in [3.8, 4) is 11.5 Å². The zero-order chi connectivity index (χ0) is 17.2. The molecule has 2 aromatic carbocycles. The van der Waals surface area contributed by atoms with Crippen molar-refractivity contribution < 1.29 is 18.7 Å². The van der Waals surface area contributed by atoms with Gasteiger partial charge in [-0.15, -0.1) is 0 Å². The number of rotatable bonds is 4. The molecule has 5 nitrogen and oxygen atoms in total. The Labute approximate surface area is 145 Å². The van der Waals surface area contributed by atoms with Crippen LogP contribution in [0, 0.1) is 11.7 Å². The van der Waals surface area contributed by atoms with Crippen LogP contribution in [0.1, 0.15) is 12.0 Å². The number of nitrogens with zero attached hydrogens (tertiary/aromatic N) is 1. The third-order valence-electron chi connectivity index (χ3n) is 4.59. The number of ether oxygens (including phenoxy) is 2. The second kappa shape index (κ2) is 6.72. The van der Waals surface area contributed by atoms with Crippen LogP contribution in [-0.2, 0) is 11.3 Å². The monoisotopic (exact) mass is 342 g/mol. The molecule has 0 radical (unpaired) electrons. The number of fused-ring (bicyclic) bond motifs is 1. The summed E-state index contributed by atoms with van der Waals surface area (Å²) >= 11 is 0. The summed E-state index contributed by atoms with van der Waals surface area (Å²) in [6.07, 6.45) is 0.817. The van der Waals surface area contributed by atoms with Crippen molar-refractivity contribution in [2.24, 2.45) is 5.92 Å². The number of hydrogen-bond donors (Lipinski definition) is 1. The fraction of sp³-hybridized carbons (Fsp3) is 0.316. The van der Waals surface area contributed by atoms with Crippen molar-refractivity contribution >= 4 is 11.6 Å². The van der Waals surface area contributed by atoms with E-state index in [1.807, 2.05) is 18.2 Å². The summed E-state index contributed by atoms with van der Waals surface area (Å²) in [5, 5.41) is 3.22. The van der Waals surface area contributed by atoms with Crippen LogP contribution in [0.4, 0.5) is 10.1 Å². The van der Waals surface area contributed by atoms with Crippen molar-refractivity contribution in [1.29, 1.82) is 0 Å². The van der Waals surface area contributed by atoms with Crippen LogP contribution in [0.15, 0.2) is 42.5 Å². The second-order valence-corrected chi connectivity index (χ2v) is 6.28. The van der Waals surface area contributed by atoms with Crippen LogP contribution in [0.5, 0.6) is 11.5 Å². The molecule has 2 aromatic rings. The zero-order valence-electron chi connectivity index (χ0n) is 13.7. The van der Waals surface area contributed by atoms with Crippen molar-refractivity contribution in [2.75, 3.05) is 24.8 Å². The van der Waals surface area contributed by atoms with Gasteiger partial charge in [-0.2, -0.15) is 0 Å². The van der Waals surface area contributed by atoms with Gasteiger partial charge in [0.2, 0.25) is 12.7 Å². The molecule has 2 aliphatic rings. The van der Waals surface area contributed by atoms with Crippen molar-refractivity contribution in [3.05, 3.63) is 53.8 Å². The molecular formula is C19H19FN2O3. The largest absolute Gasteiger partial charge is 0.454 e. The van der Waals surface area contributed by atoms with E-state index in [4.69, 9.17) is 9.47 Å². The highest BCUT2D eigenvalue weighted by molar-refractivity contribution is 5.95. The number of halogens is 1. The first-order valence-electron chi connectivity index (χ1n) is 8.37. The topological polar surface area (TPSA) is 50.8 Å². The summed E-state index contributed by atoms with van der Waals surface area (Å²) in [6.45, 7) is 2.14. The van der Waals surface area contributed by atoms with E-state index in [1.54, 1.807) is 17.0 Å². The number of carbonyl (C=O) groups is 1. The van der Waals surface area contributed by atoms with E-state index < -0.39 is 0 Å². The average Bonchev–Trinajstić information content (AvgIpc) is 3.31. The molecule has 2 heterocycles. The highest BCUT2D eigenvalue weighted by atomic mass is 19.1. The number of anilines is 1. The van der Waals surface area contributed by atoms with E-state index in [0.717, 1.165) is 18.5 Å². The Bertz CT molecular complexity index is 773. The first-order chi connectivity index (χ1) is 12.2. The maximum atomic E-state index is 13.3. The van der Waals surface area contributed by atoms with Crippen molar-refractivity contribution in [1.82, 2.24) is 5.32 Å². The van der Waals surface area contributed by atoms with Crippen LogP contribution in [0.2, 0.25) is 0 Å². The molecule has 1 saturated heterocycles. The molecule has 1 amide bonds. The molecule has 0 aromatic heterocycles. The maximum Gasteiger partial charge on any atom is 0.231 e. The smallest absolute Gasteiger partial charge is 0.231 e. The molecule has 1 fully saturated rings. The first kappa shape index (κ1) is 15.9. The van der Waals surface area contributed by atoms with Crippen molar-refractivity contribution in [3.63, 3.8) is 0 Å². The van der Waals surface area contributed by atoms with E-state index in [0.29, 0.717) is 30.3 Å². The van der Waals surface area contributed by atoms with E-state index >= 15 is 0 Å². The molecule has 1 N–H and O–H groups in total. The minimum atomic E-state index is -0.318. The lowest BCUT2D eigenvalue weighted by molar-refractivity contribution is -0.122. The minimum absolute atomic E-state index is 0.0503. The zero-order valence-corrected chi connectivity index (χ0v) is 13.7. The third-order valence-corrected chi connectivity index (χ3v) is 4.59. The van der Waals surface area contributed by atoms with Crippen LogP contribution in [-0.4, -0.2) is 25.8 Å². The molecule has 4 rings (SSSR count). The predicted molar refractivity (Wildman–Crippen MR) is 91.1 cm³/mol. The van der Waals surface area contributed by atoms with Crippen LogP contribution < -0.4 is 19.7 Å². The maximum absolute atomic E-state index is 13.3. The second-order valence-electron chi connectivity index (χ2n) is 6.28. The van der Waals surface area contributed by atoms with E-state index in [9.17, 15) is 9.18 Å².